The van der Waals surface area contributed by atoms with Gasteiger partial charge in [-0.15, -0.1) is 0 Å². The van der Waals surface area contributed by atoms with Crippen molar-refractivity contribution in [2.45, 2.75) is 13.8 Å². The molecule has 0 saturated heterocycles. The van der Waals surface area contributed by atoms with Crippen LogP contribution in [0.15, 0.2) is 21.5 Å². The molecule has 0 atom stereocenters. The molecule has 0 spiro atoms. The first-order chi connectivity index (χ1) is 8.95. The molecular weight excluding hydrogens is 272 g/mol. The second kappa shape index (κ2) is 4.89. The summed E-state index contributed by atoms with van der Waals surface area (Å²) in [6.45, 7) is 3.63. The zero-order valence-electron chi connectivity index (χ0n) is 10.6. The van der Waals surface area contributed by atoms with Crippen LogP contribution in [-0.2, 0) is 0 Å². The van der Waals surface area contributed by atoms with Gasteiger partial charge in [0, 0.05) is 5.56 Å². The minimum absolute atomic E-state index is 0.0858. The fraction of sp³-hybridized carbons (Fsp3) is 0.250. The number of aromatic nitrogens is 2. The Morgan fingerprint density at radius 1 is 1.37 bits per heavy atom. The lowest BCUT2D eigenvalue weighted by molar-refractivity contribution is 0.259. The van der Waals surface area contributed by atoms with Crippen LogP contribution >= 0.6 is 11.6 Å². The van der Waals surface area contributed by atoms with E-state index in [0.717, 1.165) is 11.1 Å². The molecule has 0 aliphatic rings. The number of aryl methyl sites for hydroxylation is 2. The van der Waals surface area contributed by atoms with Crippen LogP contribution in [0, 0.1) is 13.8 Å². The standard InChI is InChI=1S/C12H11ClN2O4/c1-6-4-8(18-3)5-7(2)9(6)10-14-19-12(17)15(10)11(13)16/h4-5H,1-3H3. The molecule has 0 N–H and O–H groups in total. The quantitative estimate of drug-likeness (QED) is 0.790. The van der Waals surface area contributed by atoms with Crippen LogP contribution in [0.1, 0.15) is 11.1 Å². The summed E-state index contributed by atoms with van der Waals surface area (Å²) in [5.74, 6) is -0.152. The van der Waals surface area contributed by atoms with Gasteiger partial charge < -0.3 is 4.74 Å². The van der Waals surface area contributed by atoms with Crippen molar-refractivity contribution >= 4 is 17.0 Å². The summed E-state index contributed by atoms with van der Waals surface area (Å²) in [6.07, 6.45) is 0. The van der Waals surface area contributed by atoms with E-state index in [1.54, 1.807) is 19.2 Å². The lowest BCUT2D eigenvalue weighted by Gasteiger charge is -2.10. The minimum atomic E-state index is -0.962. The summed E-state index contributed by atoms with van der Waals surface area (Å²) in [7, 11) is 1.56. The molecule has 19 heavy (non-hydrogen) atoms. The van der Waals surface area contributed by atoms with Gasteiger partial charge in [-0.2, -0.15) is 4.57 Å². The molecular formula is C12H11ClN2O4. The van der Waals surface area contributed by atoms with E-state index in [9.17, 15) is 9.59 Å². The maximum Gasteiger partial charge on any atom is 0.449 e. The molecule has 2 aromatic rings. The minimum Gasteiger partial charge on any atom is -0.497 e. The van der Waals surface area contributed by atoms with Crippen LogP contribution in [0.5, 0.6) is 5.75 Å². The zero-order chi connectivity index (χ0) is 14.2. The van der Waals surface area contributed by atoms with Crippen LogP contribution in [-0.4, -0.2) is 22.2 Å². The Morgan fingerprint density at radius 2 is 1.95 bits per heavy atom. The summed E-state index contributed by atoms with van der Waals surface area (Å²) >= 11 is 5.37. The van der Waals surface area contributed by atoms with E-state index in [1.165, 1.54) is 0 Å². The molecule has 2 rings (SSSR count). The Balaban J connectivity index is 2.73. The number of nitrogens with zero attached hydrogens (tertiary/aromatic N) is 2. The Labute approximate surface area is 113 Å². The van der Waals surface area contributed by atoms with Gasteiger partial charge in [-0.3, -0.25) is 9.32 Å². The first kappa shape index (κ1) is 13.4. The normalized spacial score (nSPS) is 10.5. The summed E-state index contributed by atoms with van der Waals surface area (Å²) in [4.78, 5) is 22.7. The molecule has 0 aliphatic carbocycles. The third-order valence-electron chi connectivity index (χ3n) is 2.75. The Bertz CT molecular complexity index is 679. The molecule has 0 saturated carbocycles. The third-order valence-corrected chi connectivity index (χ3v) is 2.91. The molecule has 0 fully saturated rings. The smallest absolute Gasteiger partial charge is 0.449 e. The maximum atomic E-state index is 11.4. The number of methoxy groups -OCH3 is 1. The lowest BCUT2D eigenvalue weighted by Crippen LogP contribution is -2.19. The van der Waals surface area contributed by atoms with Gasteiger partial charge in [-0.1, -0.05) is 5.16 Å². The summed E-state index contributed by atoms with van der Waals surface area (Å²) < 4.78 is 10.3. The fourth-order valence-electron chi connectivity index (χ4n) is 1.96. The summed E-state index contributed by atoms with van der Waals surface area (Å²) in [5, 5.41) is 2.65. The topological polar surface area (TPSA) is 74.3 Å². The number of rotatable bonds is 2. The van der Waals surface area contributed by atoms with Crippen molar-refractivity contribution in [2.75, 3.05) is 7.11 Å². The van der Waals surface area contributed by atoms with Crippen molar-refractivity contribution in [3.8, 4) is 17.1 Å². The van der Waals surface area contributed by atoms with Gasteiger partial charge in [0.2, 0.25) is 0 Å². The predicted molar refractivity (Wildman–Crippen MR) is 68.9 cm³/mol. The third kappa shape index (κ3) is 2.26. The monoisotopic (exact) mass is 282 g/mol. The van der Waals surface area contributed by atoms with Crippen LogP contribution in [0.3, 0.4) is 0 Å². The van der Waals surface area contributed by atoms with E-state index >= 15 is 0 Å². The summed E-state index contributed by atoms with van der Waals surface area (Å²) in [6, 6.07) is 3.54. The SMILES string of the molecule is COc1cc(C)c(-c2noc(=O)n2C(=O)Cl)c(C)c1. The van der Waals surface area contributed by atoms with E-state index < -0.39 is 11.1 Å². The van der Waals surface area contributed by atoms with Crippen LogP contribution < -0.4 is 10.5 Å². The molecule has 0 unspecified atom stereocenters. The molecule has 7 heteroatoms. The maximum absolute atomic E-state index is 11.4. The van der Waals surface area contributed by atoms with Gasteiger partial charge >= 0.3 is 11.1 Å². The first-order valence-electron chi connectivity index (χ1n) is 5.40. The molecule has 1 aromatic heterocycles. The van der Waals surface area contributed by atoms with Crippen LogP contribution in [0.25, 0.3) is 11.4 Å². The lowest BCUT2D eigenvalue weighted by atomic mass is 10.0. The van der Waals surface area contributed by atoms with Crippen LogP contribution in [0.4, 0.5) is 4.79 Å². The zero-order valence-corrected chi connectivity index (χ0v) is 11.3. The molecule has 0 bridgehead atoms. The Morgan fingerprint density at radius 3 is 2.42 bits per heavy atom. The van der Waals surface area contributed by atoms with Crippen molar-refractivity contribution in [1.82, 2.24) is 9.72 Å². The molecule has 0 aliphatic heterocycles. The second-order valence-electron chi connectivity index (χ2n) is 4.00. The number of ether oxygens (including phenoxy) is 1. The van der Waals surface area contributed by atoms with E-state index in [-0.39, 0.29) is 5.82 Å². The number of hydrogen-bond donors (Lipinski definition) is 0. The number of benzene rings is 1. The van der Waals surface area contributed by atoms with E-state index in [2.05, 4.69) is 9.68 Å². The van der Waals surface area contributed by atoms with Gasteiger partial charge in [0.15, 0.2) is 5.82 Å². The predicted octanol–water partition coefficient (Wildman–Crippen LogP) is 2.34. The van der Waals surface area contributed by atoms with E-state index in [4.69, 9.17) is 16.3 Å². The van der Waals surface area contributed by atoms with Crippen molar-refractivity contribution in [1.29, 1.82) is 0 Å². The number of carbonyl (C=O) groups excluding carboxylic acids is 1. The number of carbonyl (C=O) groups is 1. The second-order valence-corrected chi connectivity index (χ2v) is 4.32. The van der Waals surface area contributed by atoms with Gasteiger partial charge in [-0.25, -0.2) is 4.79 Å². The highest BCUT2D eigenvalue weighted by molar-refractivity contribution is 6.63. The molecule has 1 aromatic carbocycles. The Hall–Kier alpha value is -2.08. The molecule has 100 valence electrons. The van der Waals surface area contributed by atoms with Crippen molar-refractivity contribution in [3.63, 3.8) is 0 Å². The summed E-state index contributed by atoms with van der Waals surface area (Å²) in [5.41, 5.74) is 2.19. The number of hydrogen-bond acceptors (Lipinski definition) is 5. The highest BCUT2D eigenvalue weighted by Gasteiger charge is 2.21. The average molecular weight is 283 g/mol. The molecule has 0 amide bonds. The molecule has 0 radical (unpaired) electrons. The Kier molecular flexibility index (Phi) is 3.44. The van der Waals surface area contributed by atoms with Crippen molar-refractivity contribution in [3.05, 3.63) is 33.8 Å². The largest absolute Gasteiger partial charge is 0.497 e. The molecule has 1 heterocycles. The van der Waals surface area contributed by atoms with E-state index in [0.29, 0.717) is 15.9 Å². The van der Waals surface area contributed by atoms with Crippen molar-refractivity contribution in [2.24, 2.45) is 0 Å². The van der Waals surface area contributed by atoms with Gasteiger partial charge in [0.25, 0.3) is 0 Å². The van der Waals surface area contributed by atoms with Gasteiger partial charge in [0.05, 0.1) is 7.11 Å². The van der Waals surface area contributed by atoms with Crippen LogP contribution in [0.2, 0.25) is 0 Å². The fourth-order valence-corrected chi connectivity index (χ4v) is 2.11. The van der Waals surface area contributed by atoms with Crippen molar-refractivity contribution < 1.29 is 14.1 Å². The first-order valence-corrected chi connectivity index (χ1v) is 5.77. The van der Waals surface area contributed by atoms with E-state index in [1.807, 2.05) is 13.8 Å². The number of halogens is 1. The van der Waals surface area contributed by atoms with Gasteiger partial charge in [0.1, 0.15) is 5.75 Å². The highest BCUT2D eigenvalue weighted by Crippen LogP contribution is 2.29. The average Bonchev–Trinajstić information content (AvgIpc) is 2.70. The molecule has 6 nitrogen and oxygen atoms in total. The highest BCUT2D eigenvalue weighted by atomic mass is 35.5. The van der Waals surface area contributed by atoms with Gasteiger partial charge in [-0.05, 0) is 48.7 Å².